The predicted molar refractivity (Wildman–Crippen MR) is 90.7 cm³/mol. The van der Waals surface area contributed by atoms with Crippen LogP contribution in [-0.4, -0.2) is 12.5 Å². The SMILES string of the molecule is Cc1ccc(COCC(=O)Nc2ccc(Cl)c(Cl)c2)c(C)c1. The molecule has 5 heteroatoms. The maximum absolute atomic E-state index is 11.8. The number of aryl methyl sites for hydroxylation is 2. The van der Waals surface area contributed by atoms with Crippen LogP contribution in [0.1, 0.15) is 16.7 Å². The second kappa shape index (κ2) is 7.63. The number of ether oxygens (including phenoxy) is 1. The van der Waals surface area contributed by atoms with Gasteiger partial charge in [0.25, 0.3) is 0 Å². The van der Waals surface area contributed by atoms with E-state index in [1.54, 1.807) is 18.2 Å². The second-order valence-electron chi connectivity index (χ2n) is 5.10. The Morgan fingerprint density at radius 1 is 1.09 bits per heavy atom. The molecule has 0 radical (unpaired) electrons. The summed E-state index contributed by atoms with van der Waals surface area (Å²) < 4.78 is 5.46. The first-order chi connectivity index (χ1) is 10.5. The smallest absolute Gasteiger partial charge is 0.250 e. The van der Waals surface area contributed by atoms with Crippen molar-refractivity contribution in [1.29, 1.82) is 0 Å². The number of hydrogen-bond acceptors (Lipinski definition) is 2. The molecule has 0 bridgehead atoms. The largest absolute Gasteiger partial charge is 0.367 e. The molecule has 22 heavy (non-hydrogen) atoms. The van der Waals surface area contributed by atoms with Crippen LogP contribution in [-0.2, 0) is 16.1 Å². The van der Waals surface area contributed by atoms with Gasteiger partial charge in [0.05, 0.1) is 16.7 Å². The van der Waals surface area contributed by atoms with Gasteiger partial charge in [0.1, 0.15) is 6.61 Å². The Balaban J connectivity index is 1.83. The molecule has 0 spiro atoms. The fourth-order valence-corrected chi connectivity index (χ4v) is 2.33. The molecule has 2 aromatic carbocycles. The molecule has 2 aromatic rings. The van der Waals surface area contributed by atoms with E-state index in [0.717, 1.165) is 11.1 Å². The molecule has 3 nitrogen and oxygen atoms in total. The van der Waals surface area contributed by atoms with E-state index in [2.05, 4.69) is 11.4 Å². The zero-order valence-corrected chi connectivity index (χ0v) is 14.0. The summed E-state index contributed by atoms with van der Waals surface area (Å²) in [7, 11) is 0. The maximum Gasteiger partial charge on any atom is 0.250 e. The summed E-state index contributed by atoms with van der Waals surface area (Å²) in [5.74, 6) is -0.233. The van der Waals surface area contributed by atoms with Gasteiger partial charge in [-0.05, 0) is 43.2 Å². The average molecular weight is 338 g/mol. The fraction of sp³-hybridized carbons (Fsp3) is 0.235. The Kier molecular flexibility index (Phi) is 5.83. The van der Waals surface area contributed by atoms with E-state index in [1.165, 1.54) is 5.56 Å². The summed E-state index contributed by atoms with van der Waals surface area (Å²) in [5, 5.41) is 3.56. The van der Waals surface area contributed by atoms with Crippen LogP contribution in [0, 0.1) is 13.8 Å². The first kappa shape index (κ1) is 16.8. The Hall–Kier alpha value is -1.55. The highest BCUT2D eigenvalue weighted by molar-refractivity contribution is 6.42. The first-order valence-electron chi connectivity index (χ1n) is 6.84. The number of amides is 1. The molecule has 0 fully saturated rings. The number of carbonyl (C=O) groups is 1. The molecule has 0 aliphatic carbocycles. The third-order valence-corrected chi connectivity index (χ3v) is 3.93. The summed E-state index contributed by atoms with van der Waals surface area (Å²) >= 11 is 11.7. The number of carbonyl (C=O) groups excluding carboxylic acids is 1. The van der Waals surface area contributed by atoms with Crippen LogP contribution in [0.5, 0.6) is 0 Å². The van der Waals surface area contributed by atoms with Crippen LogP contribution in [0.2, 0.25) is 10.0 Å². The third kappa shape index (κ3) is 4.73. The molecule has 1 N–H and O–H groups in total. The van der Waals surface area contributed by atoms with Gasteiger partial charge in [-0.3, -0.25) is 4.79 Å². The monoisotopic (exact) mass is 337 g/mol. The van der Waals surface area contributed by atoms with Crippen molar-refractivity contribution in [3.63, 3.8) is 0 Å². The lowest BCUT2D eigenvalue weighted by Crippen LogP contribution is -2.18. The minimum absolute atomic E-state index is 0.0203. The van der Waals surface area contributed by atoms with Crippen molar-refractivity contribution >= 4 is 34.8 Å². The van der Waals surface area contributed by atoms with E-state index in [1.807, 2.05) is 26.0 Å². The molecule has 0 atom stereocenters. The average Bonchev–Trinajstić information content (AvgIpc) is 2.45. The summed E-state index contributed by atoms with van der Waals surface area (Å²) in [4.78, 5) is 11.8. The Morgan fingerprint density at radius 2 is 1.86 bits per heavy atom. The number of halogens is 2. The molecular formula is C17H17Cl2NO2. The molecule has 116 valence electrons. The molecule has 0 saturated heterocycles. The predicted octanol–water partition coefficient (Wildman–Crippen LogP) is 4.77. The molecule has 1 amide bonds. The van der Waals surface area contributed by atoms with E-state index in [4.69, 9.17) is 27.9 Å². The Bertz CT molecular complexity index is 686. The normalized spacial score (nSPS) is 10.5. The zero-order valence-electron chi connectivity index (χ0n) is 12.5. The maximum atomic E-state index is 11.8. The molecule has 0 aliphatic heterocycles. The summed E-state index contributed by atoms with van der Waals surface area (Å²) in [6.07, 6.45) is 0. The van der Waals surface area contributed by atoms with E-state index in [0.29, 0.717) is 22.3 Å². The van der Waals surface area contributed by atoms with Gasteiger partial charge in [0, 0.05) is 5.69 Å². The highest BCUT2D eigenvalue weighted by Crippen LogP contribution is 2.24. The number of nitrogens with one attached hydrogen (secondary N) is 1. The van der Waals surface area contributed by atoms with Gasteiger partial charge in [-0.15, -0.1) is 0 Å². The fourth-order valence-electron chi connectivity index (χ4n) is 2.03. The van der Waals surface area contributed by atoms with Gasteiger partial charge in [-0.1, -0.05) is 47.0 Å². The van der Waals surface area contributed by atoms with Crippen LogP contribution in [0.15, 0.2) is 36.4 Å². The molecule has 0 heterocycles. The van der Waals surface area contributed by atoms with Crippen molar-refractivity contribution in [3.8, 4) is 0 Å². The number of hydrogen-bond donors (Lipinski definition) is 1. The molecule has 0 aromatic heterocycles. The lowest BCUT2D eigenvalue weighted by Gasteiger charge is -2.09. The number of anilines is 1. The van der Waals surface area contributed by atoms with Crippen LogP contribution >= 0.6 is 23.2 Å². The summed E-state index contributed by atoms with van der Waals surface area (Å²) in [5.41, 5.74) is 4.03. The van der Waals surface area contributed by atoms with E-state index in [-0.39, 0.29) is 12.5 Å². The molecule has 0 unspecified atom stereocenters. The first-order valence-corrected chi connectivity index (χ1v) is 7.60. The zero-order chi connectivity index (χ0) is 16.1. The van der Waals surface area contributed by atoms with Gasteiger partial charge >= 0.3 is 0 Å². The number of rotatable bonds is 5. The van der Waals surface area contributed by atoms with Crippen molar-refractivity contribution in [1.82, 2.24) is 0 Å². The minimum Gasteiger partial charge on any atom is -0.367 e. The van der Waals surface area contributed by atoms with E-state index < -0.39 is 0 Å². The molecule has 0 saturated carbocycles. The highest BCUT2D eigenvalue weighted by atomic mass is 35.5. The van der Waals surface area contributed by atoms with Gasteiger partial charge < -0.3 is 10.1 Å². The standard InChI is InChI=1S/C17H17Cl2NO2/c1-11-3-4-13(12(2)7-11)9-22-10-17(21)20-14-5-6-15(18)16(19)8-14/h3-8H,9-10H2,1-2H3,(H,20,21). The third-order valence-electron chi connectivity index (χ3n) is 3.19. The number of benzene rings is 2. The second-order valence-corrected chi connectivity index (χ2v) is 5.91. The topological polar surface area (TPSA) is 38.3 Å². The summed E-state index contributed by atoms with van der Waals surface area (Å²) in [6, 6.07) is 11.1. The van der Waals surface area contributed by atoms with Gasteiger partial charge in [0.2, 0.25) is 5.91 Å². The van der Waals surface area contributed by atoms with Gasteiger partial charge in [0.15, 0.2) is 0 Å². The quantitative estimate of drug-likeness (QED) is 0.853. The van der Waals surface area contributed by atoms with Crippen LogP contribution in [0.25, 0.3) is 0 Å². The Morgan fingerprint density at radius 3 is 2.55 bits per heavy atom. The van der Waals surface area contributed by atoms with Crippen molar-refractivity contribution in [3.05, 3.63) is 63.1 Å². The summed E-state index contributed by atoms with van der Waals surface area (Å²) in [6.45, 7) is 4.46. The van der Waals surface area contributed by atoms with Crippen LogP contribution in [0.3, 0.4) is 0 Å². The van der Waals surface area contributed by atoms with Crippen molar-refractivity contribution in [2.45, 2.75) is 20.5 Å². The van der Waals surface area contributed by atoms with Crippen LogP contribution < -0.4 is 5.32 Å². The lowest BCUT2D eigenvalue weighted by molar-refractivity contribution is -0.121. The van der Waals surface area contributed by atoms with Crippen molar-refractivity contribution < 1.29 is 9.53 Å². The minimum atomic E-state index is -0.233. The Labute approximate surface area is 140 Å². The molecular weight excluding hydrogens is 321 g/mol. The van der Waals surface area contributed by atoms with Gasteiger partial charge in [-0.2, -0.15) is 0 Å². The van der Waals surface area contributed by atoms with E-state index >= 15 is 0 Å². The highest BCUT2D eigenvalue weighted by Gasteiger charge is 2.06. The lowest BCUT2D eigenvalue weighted by atomic mass is 10.1. The van der Waals surface area contributed by atoms with Crippen molar-refractivity contribution in [2.24, 2.45) is 0 Å². The van der Waals surface area contributed by atoms with Gasteiger partial charge in [-0.25, -0.2) is 0 Å². The molecule has 0 aliphatic rings. The van der Waals surface area contributed by atoms with Crippen LogP contribution in [0.4, 0.5) is 5.69 Å². The van der Waals surface area contributed by atoms with E-state index in [9.17, 15) is 4.79 Å². The van der Waals surface area contributed by atoms with Crippen molar-refractivity contribution in [2.75, 3.05) is 11.9 Å². The molecule has 2 rings (SSSR count).